The maximum atomic E-state index is 5.81. The Morgan fingerprint density at radius 3 is 2.35 bits per heavy atom. The van der Waals surface area contributed by atoms with Crippen molar-refractivity contribution < 1.29 is 4.74 Å². The number of nitrogens with zero attached hydrogens (tertiary/aromatic N) is 1. The minimum Gasteiger partial charge on any atom is -0.494 e. The number of ether oxygens (including phenoxy) is 1. The van der Waals surface area contributed by atoms with Crippen LogP contribution in [0.4, 0.5) is 5.69 Å². The van der Waals surface area contributed by atoms with Crippen LogP contribution in [0.25, 0.3) is 0 Å². The molecule has 2 rings (SSSR count). The normalized spacial score (nSPS) is 10.9. The third kappa shape index (κ3) is 8.39. The zero-order chi connectivity index (χ0) is 18.5. The molecule has 1 N–H and O–H groups in total. The van der Waals surface area contributed by atoms with Crippen molar-refractivity contribution in [3.8, 4) is 5.75 Å². The van der Waals surface area contributed by atoms with E-state index in [9.17, 15) is 0 Å². The molecule has 0 aliphatic heterocycles. The van der Waals surface area contributed by atoms with Crippen LogP contribution in [0.15, 0.2) is 54.6 Å². The molecule has 0 heterocycles. The maximum Gasteiger partial charge on any atom is 0.119 e. The molecule has 0 bridgehead atoms. The first-order valence-corrected chi connectivity index (χ1v) is 9.97. The molecule has 0 fully saturated rings. The van der Waals surface area contributed by atoms with Gasteiger partial charge in [-0.25, -0.2) is 0 Å². The van der Waals surface area contributed by atoms with Crippen LogP contribution >= 0.6 is 0 Å². The Balaban J connectivity index is 1.59. The monoisotopic (exact) mass is 354 g/mol. The van der Waals surface area contributed by atoms with Gasteiger partial charge < -0.3 is 15.0 Å². The summed E-state index contributed by atoms with van der Waals surface area (Å²) >= 11 is 0. The Morgan fingerprint density at radius 2 is 1.62 bits per heavy atom. The van der Waals surface area contributed by atoms with E-state index in [1.807, 2.05) is 0 Å². The Hall–Kier alpha value is -2.00. The highest BCUT2D eigenvalue weighted by molar-refractivity contribution is 5.46. The molecular formula is C23H34N2O. The van der Waals surface area contributed by atoms with Gasteiger partial charge in [0, 0.05) is 25.3 Å². The molecular weight excluding hydrogens is 320 g/mol. The molecule has 0 saturated heterocycles. The van der Waals surface area contributed by atoms with E-state index in [0.717, 1.165) is 44.1 Å². The van der Waals surface area contributed by atoms with Crippen molar-refractivity contribution in [3.63, 3.8) is 0 Å². The predicted octanol–water partition coefficient (Wildman–Crippen LogP) is 5.58. The molecule has 0 amide bonds. The second-order valence-electron chi connectivity index (χ2n) is 6.94. The summed E-state index contributed by atoms with van der Waals surface area (Å²) in [5.41, 5.74) is 2.50. The summed E-state index contributed by atoms with van der Waals surface area (Å²) in [7, 11) is 2.16. The zero-order valence-corrected chi connectivity index (χ0v) is 16.4. The van der Waals surface area contributed by atoms with Gasteiger partial charge in [0.05, 0.1) is 6.61 Å². The Labute approximate surface area is 159 Å². The van der Waals surface area contributed by atoms with Gasteiger partial charge in [-0.2, -0.15) is 0 Å². The minimum absolute atomic E-state index is 0.820. The SMILES string of the molecule is CCCCCCCOc1ccc(NCCN(C)Cc2ccccc2)cc1. The van der Waals surface area contributed by atoms with Crippen LogP contribution in [0.3, 0.4) is 0 Å². The molecule has 2 aromatic carbocycles. The molecule has 3 heteroatoms. The molecule has 0 saturated carbocycles. The smallest absolute Gasteiger partial charge is 0.119 e. The zero-order valence-electron chi connectivity index (χ0n) is 16.4. The number of anilines is 1. The first-order valence-electron chi connectivity index (χ1n) is 9.97. The van der Waals surface area contributed by atoms with Crippen LogP contribution in [0.1, 0.15) is 44.6 Å². The molecule has 0 aliphatic rings. The molecule has 142 valence electrons. The van der Waals surface area contributed by atoms with Crippen molar-refractivity contribution in [3.05, 3.63) is 60.2 Å². The van der Waals surface area contributed by atoms with Gasteiger partial charge in [0.2, 0.25) is 0 Å². The Morgan fingerprint density at radius 1 is 0.885 bits per heavy atom. The molecule has 0 unspecified atom stereocenters. The molecule has 0 aromatic heterocycles. The number of rotatable bonds is 13. The van der Waals surface area contributed by atoms with Gasteiger partial charge in [-0.15, -0.1) is 0 Å². The third-order valence-electron chi connectivity index (χ3n) is 4.49. The number of hydrogen-bond acceptors (Lipinski definition) is 3. The van der Waals surface area contributed by atoms with Gasteiger partial charge in [0.1, 0.15) is 5.75 Å². The quantitative estimate of drug-likeness (QED) is 0.475. The van der Waals surface area contributed by atoms with E-state index in [2.05, 4.69) is 78.8 Å². The van der Waals surface area contributed by atoms with E-state index < -0.39 is 0 Å². The van der Waals surface area contributed by atoms with Crippen LogP contribution in [-0.4, -0.2) is 31.6 Å². The minimum atomic E-state index is 0.820. The summed E-state index contributed by atoms with van der Waals surface area (Å²) in [6.45, 7) is 5.98. The summed E-state index contributed by atoms with van der Waals surface area (Å²) in [6, 6.07) is 18.9. The third-order valence-corrected chi connectivity index (χ3v) is 4.49. The topological polar surface area (TPSA) is 24.5 Å². The van der Waals surface area contributed by atoms with E-state index in [1.165, 1.54) is 31.2 Å². The summed E-state index contributed by atoms with van der Waals surface area (Å²) in [5, 5.41) is 3.48. The fraction of sp³-hybridized carbons (Fsp3) is 0.478. The average molecular weight is 355 g/mol. The lowest BCUT2D eigenvalue weighted by atomic mass is 10.2. The predicted molar refractivity (Wildman–Crippen MR) is 112 cm³/mol. The van der Waals surface area contributed by atoms with E-state index in [1.54, 1.807) is 0 Å². The van der Waals surface area contributed by atoms with Crippen molar-refractivity contribution in [1.82, 2.24) is 4.90 Å². The highest BCUT2D eigenvalue weighted by Gasteiger charge is 2.00. The number of unbranched alkanes of at least 4 members (excludes halogenated alkanes) is 4. The lowest BCUT2D eigenvalue weighted by molar-refractivity contribution is 0.304. The summed E-state index contributed by atoms with van der Waals surface area (Å²) in [4.78, 5) is 2.33. The molecule has 0 aliphatic carbocycles. The lowest BCUT2D eigenvalue weighted by Gasteiger charge is -2.17. The standard InChI is InChI=1S/C23H34N2O/c1-3-4-5-6-10-19-26-23-15-13-22(14-16-23)24-17-18-25(2)20-21-11-8-7-9-12-21/h7-9,11-16,24H,3-6,10,17-20H2,1-2H3. The van der Waals surface area contributed by atoms with Crippen molar-refractivity contribution in [2.45, 2.75) is 45.6 Å². The first kappa shape index (κ1) is 20.3. The van der Waals surface area contributed by atoms with Crippen molar-refractivity contribution in [2.24, 2.45) is 0 Å². The summed E-state index contributed by atoms with van der Waals surface area (Å²) < 4.78 is 5.81. The van der Waals surface area contributed by atoms with Crippen molar-refractivity contribution >= 4 is 5.69 Å². The van der Waals surface area contributed by atoms with Crippen LogP contribution in [-0.2, 0) is 6.54 Å². The van der Waals surface area contributed by atoms with Gasteiger partial charge in [0.15, 0.2) is 0 Å². The first-order chi connectivity index (χ1) is 12.8. The maximum absolute atomic E-state index is 5.81. The van der Waals surface area contributed by atoms with Crippen LogP contribution in [0.5, 0.6) is 5.75 Å². The average Bonchev–Trinajstić information content (AvgIpc) is 2.66. The molecule has 0 atom stereocenters. The highest BCUT2D eigenvalue weighted by Crippen LogP contribution is 2.16. The van der Waals surface area contributed by atoms with Crippen LogP contribution in [0.2, 0.25) is 0 Å². The fourth-order valence-corrected chi connectivity index (χ4v) is 2.93. The molecule has 3 nitrogen and oxygen atoms in total. The van der Waals surface area contributed by atoms with Gasteiger partial charge in [-0.3, -0.25) is 0 Å². The Bertz CT molecular complexity index is 583. The largest absolute Gasteiger partial charge is 0.494 e. The lowest BCUT2D eigenvalue weighted by Crippen LogP contribution is -2.24. The second kappa shape index (κ2) is 12.4. The van der Waals surface area contributed by atoms with Gasteiger partial charge in [-0.05, 0) is 43.3 Å². The fourth-order valence-electron chi connectivity index (χ4n) is 2.93. The molecule has 0 radical (unpaired) electrons. The van der Waals surface area contributed by atoms with E-state index in [-0.39, 0.29) is 0 Å². The molecule has 2 aromatic rings. The van der Waals surface area contributed by atoms with Gasteiger partial charge in [0.25, 0.3) is 0 Å². The summed E-state index contributed by atoms with van der Waals surface area (Å²) in [6.07, 6.45) is 6.36. The van der Waals surface area contributed by atoms with Gasteiger partial charge >= 0.3 is 0 Å². The van der Waals surface area contributed by atoms with E-state index in [0.29, 0.717) is 0 Å². The van der Waals surface area contributed by atoms with Crippen molar-refractivity contribution in [1.29, 1.82) is 0 Å². The number of likely N-dealkylation sites (N-methyl/N-ethyl adjacent to an activating group) is 1. The van der Waals surface area contributed by atoms with Crippen LogP contribution < -0.4 is 10.1 Å². The second-order valence-corrected chi connectivity index (χ2v) is 6.94. The Kier molecular flexibility index (Phi) is 9.66. The van der Waals surface area contributed by atoms with E-state index >= 15 is 0 Å². The van der Waals surface area contributed by atoms with Crippen molar-refractivity contribution in [2.75, 3.05) is 32.1 Å². The highest BCUT2D eigenvalue weighted by atomic mass is 16.5. The molecule has 26 heavy (non-hydrogen) atoms. The number of hydrogen-bond donors (Lipinski definition) is 1. The number of nitrogens with one attached hydrogen (secondary N) is 1. The van der Waals surface area contributed by atoms with Gasteiger partial charge in [-0.1, -0.05) is 62.9 Å². The summed E-state index contributed by atoms with van der Waals surface area (Å²) in [5.74, 6) is 0.965. The number of benzene rings is 2. The van der Waals surface area contributed by atoms with E-state index in [4.69, 9.17) is 4.74 Å². The molecule has 0 spiro atoms. The van der Waals surface area contributed by atoms with Crippen LogP contribution in [0, 0.1) is 0 Å².